The van der Waals surface area contributed by atoms with E-state index in [2.05, 4.69) is 33.4 Å². The molecule has 0 saturated heterocycles. The van der Waals surface area contributed by atoms with Crippen molar-refractivity contribution in [1.29, 1.82) is 0 Å². The first-order chi connectivity index (χ1) is 2.73. The van der Waals surface area contributed by atoms with Gasteiger partial charge in [0, 0.05) is 32.7 Å². The Hall–Kier alpha value is 1.45. The fourth-order valence-corrected chi connectivity index (χ4v) is 0. The van der Waals surface area contributed by atoms with Crippen molar-refractivity contribution in [3.63, 3.8) is 0 Å². The molecule has 0 N–H and O–H groups in total. The molecule has 0 unspecified atom stereocenters. The fourth-order valence-electron chi connectivity index (χ4n) is 0. The Labute approximate surface area is 77.7 Å². The maximum absolute atomic E-state index is 4.08. The molecule has 0 aromatic heterocycles. The van der Waals surface area contributed by atoms with Gasteiger partial charge in [-0.1, -0.05) is 0 Å². The Kier molecular flexibility index (Phi) is 35.3. The standard InChI is InChI=1S/C4H9.CH4S.Y/c1-4(2)3;1-2;/h1-3H3;2H,1H3;/q-1;;/p-1. The molecule has 0 bridgehead atoms. The molecule has 2 heteroatoms. The van der Waals surface area contributed by atoms with Crippen molar-refractivity contribution in [2.45, 2.75) is 20.8 Å². The van der Waals surface area contributed by atoms with E-state index in [0.29, 0.717) is 0 Å². The van der Waals surface area contributed by atoms with Crippen LogP contribution in [-0.2, 0) is 45.3 Å². The van der Waals surface area contributed by atoms with Crippen LogP contribution in [0.15, 0.2) is 0 Å². The van der Waals surface area contributed by atoms with Crippen LogP contribution in [0.2, 0.25) is 0 Å². The first-order valence-electron chi connectivity index (χ1n) is 1.91. The molecule has 0 aliphatic heterocycles. The molecule has 7 heavy (non-hydrogen) atoms. The molecule has 0 saturated carbocycles. The molecule has 0 rings (SSSR count). The third kappa shape index (κ3) is 105. The van der Waals surface area contributed by atoms with Gasteiger partial charge in [-0.05, 0) is 0 Å². The Bertz CT molecular complexity index is 12.8. The van der Waals surface area contributed by atoms with Crippen LogP contribution >= 0.6 is 0 Å². The Morgan fingerprint density at radius 2 is 1.00 bits per heavy atom. The van der Waals surface area contributed by atoms with Crippen molar-refractivity contribution in [2.75, 3.05) is 6.26 Å². The van der Waals surface area contributed by atoms with Crippen molar-refractivity contribution in [3.8, 4) is 0 Å². The summed E-state index contributed by atoms with van der Waals surface area (Å²) in [5.41, 5.74) is 0. The van der Waals surface area contributed by atoms with Gasteiger partial charge in [-0.25, -0.2) is 0 Å². The van der Waals surface area contributed by atoms with Crippen LogP contribution in [0, 0.1) is 5.92 Å². The van der Waals surface area contributed by atoms with E-state index >= 15 is 0 Å². The van der Waals surface area contributed by atoms with E-state index in [1.54, 1.807) is 6.26 Å². The normalized spacial score (nSPS) is 6.00. The summed E-state index contributed by atoms with van der Waals surface area (Å²) < 4.78 is 0. The van der Waals surface area contributed by atoms with Crippen molar-refractivity contribution in [2.24, 2.45) is 0 Å². The number of hydrogen-bond acceptors (Lipinski definition) is 1. The summed E-state index contributed by atoms with van der Waals surface area (Å²) >= 11 is 4.08. The molecule has 0 aromatic carbocycles. The predicted octanol–water partition coefficient (Wildman–Crippen LogP) is 1.78. The van der Waals surface area contributed by atoms with E-state index in [0.717, 1.165) is 0 Å². The quantitative estimate of drug-likeness (QED) is 0.417. The molecule has 0 atom stereocenters. The number of hydrogen-bond donors (Lipinski definition) is 0. The largest absolute Gasteiger partial charge is 0.796 e. The van der Waals surface area contributed by atoms with Gasteiger partial charge in [0.05, 0.1) is 0 Å². The van der Waals surface area contributed by atoms with E-state index in [-0.39, 0.29) is 32.7 Å². The third-order valence-corrected chi connectivity index (χ3v) is 0. The van der Waals surface area contributed by atoms with E-state index in [1.807, 2.05) is 0 Å². The van der Waals surface area contributed by atoms with E-state index in [4.69, 9.17) is 0 Å². The summed E-state index contributed by atoms with van der Waals surface area (Å²) in [6.45, 7) is 6.25. The van der Waals surface area contributed by atoms with Crippen LogP contribution in [-0.4, -0.2) is 6.26 Å². The molecule has 0 heterocycles. The molecule has 0 spiro atoms. The molecule has 0 aromatic rings. The van der Waals surface area contributed by atoms with Gasteiger partial charge in [-0.15, -0.1) is 0 Å². The second-order valence-corrected chi connectivity index (χ2v) is 1.50. The van der Waals surface area contributed by atoms with Crippen molar-refractivity contribution >= 4 is 12.6 Å². The first-order valence-corrected chi connectivity index (χ1v) is 2.72. The summed E-state index contributed by atoms with van der Waals surface area (Å²) in [5.74, 6) is 1.42. The molecule has 0 fully saturated rings. The van der Waals surface area contributed by atoms with Crippen LogP contribution in [0.5, 0.6) is 0 Å². The zero-order valence-corrected chi connectivity index (χ0v) is 9.14. The number of rotatable bonds is 0. The molecular weight excluding hydrogens is 181 g/mol. The molecule has 43 valence electrons. The van der Waals surface area contributed by atoms with Gasteiger partial charge in [0.15, 0.2) is 0 Å². The van der Waals surface area contributed by atoms with Crippen LogP contribution in [0.3, 0.4) is 0 Å². The molecule has 0 aliphatic carbocycles. The zero-order chi connectivity index (χ0) is 5.58. The van der Waals surface area contributed by atoms with Crippen LogP contribution < -0.4 is 0 Å². The van der Waals surface area contributed by atoms with Crippen LogP contribution in [0.4, 0.5) is 0 Å². The van der Waals surface area contributed by atoms with Gasteiger partial charge in [-0.2, -0.15) is 27.0 Å². The van der Waals surface area contributed by atoms with Gasteiger partial charge in [-0.3, -0.25) is 0 Å². The second kappa shape index (κ2) is 15.7. The summed E-state index contributed by atoms with van der Waals surface area (Å²) in [5, 5.41) is 0. The van der Waals surface area contributed by atoms with E-state index in [9.17, 15) is 0 Å². The topological polar surface area (TPSA) is 0 Å². The van der Waals surface area contributed by atoms with Gasteiger partial charge >= 0.3 is 0 Å². The monoisotopic (exact) mass is 193 g/mol. The van der Waals surface area contributed by atoms with Crippen LogP contribution in [0.25, 0.3) is 0 Å². The zero-order valence-electron chi connectivity index (χ0n) is 5.49. The minimum atomic E-state index is 0. The fraction of sp³-hybridized carbons (Fsp3) is 0.800. The Morgan fingerprint density at radius 3 is 1.00 bits per heavy atom. The van der Waals surface area contributed by atoms with E-state index in [1.165, 1.54) is 5.92 Å². The van der Waals surface area contributed by atoms with Gasteiger partial charge in [0.25, 0.3) is 0 Å². The smallest absolute Gasteiger partial charge is 0 e. The SMILES string of the molecule is C[C-](C)C.C[S-].[Y]. The summed E-state index contributed by atoms with van der Waals surface area (Å²) in [6, 6.07) is 0. The Morgan fingerprint density at radius 1 is 1.00 bits per heavy atom. The van der Waals surface area contributed by atoms with Crippen molar-refractivity contribution < 1.29 is 32.7 Å². The summed E-state index contributed by atoms with van der Waals surface area (Å²) in [4.78, 5) is 0. The molecular formula is C5H12SY-2. The average Bonchev–Trinajstić information content (AvgIpc) is 1.41. The van der Waals surface area contributed by atoms with Gasteiger partial charge in [0.1, 0.15) is 0 Å². The van der Waals surface area contributed by atoms with E-state index < -0.39 is 0 Å². The van der Waals surface area contributed by atoms with Crippen molar-refractivity contribution in [1.82, 2.24) is 0 Å². The van der Waals surface area contributed by atoms with Crippen molar-refractivity contribution in [3.05, 3.63) is 5.92 Å². The predicted molar refractivity (Wildman–Crippen MR) is 33.6 cm³/mol. The van der Waals surface area contributed by atoms with Gasteiger partial charge in [0.2, 0.25) is 0 Å². The minimum absolute atomic E-state index is 0. The van der Waals surface area contributed by atoms with Crippen LogP contribution in [0.1, 0.15) is 20.8 Å². The Balaban J connectivity index is -0.0000000480. The molecule has 0 aliphatic rings. The van der Waals surface area contributed by atoms with Gasteiger partial charge < -0.3 is 18.5 Å². The maximum Gasteiger partial charge on any atom is 0 e. The summed E-state index contributed by atoms with van der Waals surface area (Å²) in [6.07, 6.45) is 1.58. The summed E-state index contributed by atoms with van der Waals surface area (Å²) in [7, 11) is 0. The average molecular weight is 193 g/mol. The molecule has 0 amide bonds. The first kappa shape index (κ1) is 15.8. The third-order valence-electron chi connectivity index (χ3n) is 0. The maximum atomic E-state index is 4.08. The second-order valence-electron chi connectivity index (χ2n) is 1.50. The molecule has 0 nitrogen and oxygen atoms in total. The molecule has 1 radical (unpaired) electrons. The minimum Gasteiger partial charge on any atom is -0.796 e.